The number of amides is 1. The molecule has 1 fully saturated rings. The lowest BCUT2D eigenvalue weighted by atomic mass is 9.96. The van der Waals surface area contributed by atoms with Crippen molar-refractivity contribution in [1.29, 1.82) is 0 Å². The molecule has 1 amide bonds. The second kappa shape index (κ2) is 8.76. The average molecular weight is 354 g/mol. The molecule has 1 aromatic heterocycles. The van der Waals surface area contributed by atoms with E-state index in [-0.39, 0.29) is 11.5 Å². The third-order valence-corrected chi connectivity index (χ3v) is 4.94. The van der Waals surface area contributed by atoms with Crippen LogP contribution in [0.25, 0.3) is 11.1 Å². The molecule has 0 atom stereocenters. The highest BCUT2D eigenvalue weighted by Gasteiger charge is 2.20. The van der Waals surface area contributed by atoms with Gasteiger partial charge in [0, 0.05) is 32.8 Å². The predicted molar refractivity (Wildman–Crippen MR) is 102 cm³/mol. The second-order valence-corrected chi connectivity index (χ2v) is 6.87. The van der Waals surface area contributed by atoms with Crippen LogP contribution in [0, 0.1) is 5.92 Å². The van der Waals surface area contributed by atoms with E-state index in [1.54, 1.807) is 23.9 Å². The number of nitrogens with one attached hydrogen (secondary N) is 1. The van der Waals surface area contributed by atoms with Crippen molar-refractivity contribution < 1.29 is 4.79 Å². The van der Waals surface area contributed by atoms with Gasteiger partial charge in [-0.3, -0.25) is 9.59 Å². The largest absolute Gasteiger partial charge is 0.355 e. The molecule has 1 aliphatic heterocycles. The van der Waals surface area contributed by atoms with E-state index in [2.05, 4.69) is 15.3 Å². The van der Waals surface area contributed by atoms with Crippen molar-refractivity contribution in [2.45, 2.75) is 26.3 Å². The van der Waals surface area contributed by atoms with E-state index in [1.807, 2.05) is 30.3 Å². The SMILES string of the molecule is CC(=O)NCCN1CCC(Cn2nccc(-c3ccccc3)c2=O)CC1. The summed E-state index contributed by atoms with van der Waals surface area (Å²) in [6.45, 7) is 5.78. The summed E-state index contributed by atoms with van der Waals surface area (Å²) >= 11 is 0. The minimum Gasteiger partial charge on any atom is -0.355 e. The maximum atomic E-state index is 12.8. The van der Waals surface area contributed by atoms with Gasteiger partial charge in [0.05, 0.1) is 5.56 Å². The van der Waals surface area contributed by atoms with Crippen LogP contribution in [-0.4, -0.2) is 46.8 Å². The Balaban J connectivity index is 1.57. The lowest BCUT2D eigenvalue weighted by Crippen LogP contribution is -2.40. The Morgan fingerprint density at radius 2 is 1.92 bits per heavy atom. The van der Waals surface area contributed by atoms with Crippen molar-refractivity contribution in [2.24, 2.45) is 5.92 Å². The summed E-state index contributed by atoms with van der Waals surface area (Å²) < 4.78 is 1.61. The quantitative estimate of drug-likeness (QED) is 0.858. The van der Waals surface area contributed by atoms with E-state index < -0.39 is 0 Å². The number of carbonyl (C=O) groups is 1. The molecule has 138 valence electrons. The van der Waals surface area contributed by atoms with E-state index in [4.69, 9.17) is 0 Å². The minimum atomic E-state index is -0.0215. The van der Waals surface area contributed by atoms with Crippen LogP contribution in [0.3, 0.4) is 0 Å². The highest BCUT2D eigenvalue weighted by Crippen LogP contribution is 2.19. The standard InChI is InChI=1S/C20H26N4O2/c1-16(25)21-11-14-23-12-8-17(9-13-23)15-24-20(26)19(7-10-22-24)18-5-3-2-4-6-18/h2-7,10,17H,8-9,11-15H2,1H3,(H,21,25). The molecule has 1 aromatic carbocycles. The smallest absolute Gasteiger partial charge is 0.274 e. The molecule has 6 heteroatoms. The van der Waals surface area contributed by atoms with Crippen LogP contribution in [0.5, 0.6) is 0 Å². The van der Waals surface area contributed by atoms with Crippen LogP contribution >= 0.6 is 0 Å². The van der Waals surface area contributed by atoms with Gasteiger partial charge in [-0.2, -0.15) is 5.10 Å². The van der Waals surface area contributed by atoms with Gasteiger partial charge in [0.25, 0.3) is 5.56 Å². The number of hydrogen-bond acceptors (Lipinski definition) is 4. The van der Waals surface area contributed by atoms with Gasteiger partial charge in [0.2, 0.25) is 5.91 Å². The monoisotopic (exact) mass is 354 g/mol. The molecule has 0 radical (unpaired) electrons. The van der Waals surface area contributed by atoms with Crippen molar-refractivity contribution in [2.75, 3.05) is 26.2 Å². The Labute approximate surface area is 153 Å². The Kier molecular flexibility index (Phi) is 6.17. The fraction of sp³-hybridized carbons (Fsp3) is 0.450. The van der Waals surface area contributed by atoms with Crippen LogP contribution in [-0.2, 0) is 11.3 Å². The fourth-order valence-electron chi connectivity index (χ4n) is 3.45. The van der Waals surface area contributed by atoms with E-state index in [1.165, 1.54) is 0 Å². The van der Waals surface area contributed by atoms with Crippen LogP contribution in [0.15, 0.2) is 47.4 Å². The molecule has 2 aromatic rings. The zero-order valence-electron chi connectivity index (χ0n) is 15.2. The van der Waals surface area contributed by atoms with E-state index in [0.29, 0.717) is 24.6 Å². The summed E-state index contributed by atoms with van der Waals surface area (Å²) in [5, 5.41) is 7.13. The molecule has 1 saturated heterocycles. The molecule has 0 unspecified atom stereocenters. The molecule has 0 bridgehead atoms. The molecule has 0 aliphatic carbocycles. The molecule has 1 N–H and O–H groups in total. The first-order chi connectivity index (χ1) is 12.6. The lowest BCUT2D eigenvalue weighted by molar-refractivity contribution is -0.119. The Hall–Kier alpha value is -2.47. The summed E-state index contributed by atoms with van der Waals surface area (Å²) in [5.41, 5.74) is 1.61. The predicted octanol–water partition coefficient (Wildman–Crippen LogP) is 1.76. The highest BCUT2D eigenvalue weighted by atomic mass is 16.1. The Bertz CT molecular complexity index is 780. The first-order valence-electron chi connectivity index (χ1n) is 9.22. The summed E-state index contributed by atoms with van der Waals surface area (Å²) in [7, 11) is 0. The molecular formula is C20H26N4O2. The zero-order valence-corrected chi connectivity index (χ0v) is 15.2. The molecule has 2 heterocycles. The van der Waals surface area contributed by atoms with Gasteiger partial charge in [-0.1, -0.05) is 30.3 Å². The highest BCUT2D eigenvalue weighted by molar-refractivity contribution is 5.72. The topological polar surface area (TPSA) is 67.2 Å². The van der Waals surface area contributed by atoms with Gasteiger partial charge in [-0.05, 0) is 43.5 Å². The molecule has 0 spiro atoms. The molecular weight excluding hydrogens is 328 g/mol. The van der Waals surface area contributed by atoms with Crippen molar-refractivity contribution in [1.82, 2.24) is 20.0 Å². The Morgan fingerprint density at radius 1 is 1.19 bits per heavy atom. The zero-order chi connectivity index (χ0) is 18.4. The molecule has 26 heavy (non-hydrogen) atoms. The van der Waals surface area contributed by atoms with Crippen LogP contribution in [0.2, 0.25) is 0 Å². The number of rotatable bonds is 6. The van der Waals surface area contributed by atoms with Crippen LogP contribution in [0.4, 0.5) is 0 Å². The number of benzene rings is 1. The number of piperidine rings is 1. The first-order valence-corrected chi connectivity index (χ1v) is 9.22. The number of nitrogens with zero attached hydrogens (tertiary/aromatic N) is 3. The summed E-state index contributed by atoms with van der Waals surface area (Å²) in [4.78, 5) is 26.1. The van der Waals surface area contributed by atoms with Crippen molar-refractivity contribution in [3.05, 3.63) is 52.9 Å². The van der Waals surface area contributed by atoms with E-state index >= 15 is 0 Å². The Morgan fingerprint density at radius 3 is 2.62 bits per heavy atom. The minimum absolute atomic E-state index is 0.0173. The van der Waals surface area contributed by atoms with Crippen LogP contribution < -0.4 is 10.9 Å². The molecule has 6 nitrogen and oxygen atoms in total. The summed E-state index contributed by atoms with van der Waals surface area (Å²) in [5.74, 6) is 0.479. The summed E-state index contributed by atoms with van der Waals surface area (Å²) in [6.07, 6.45) is 3.81. The fourth-order valence-corrected chi connectivity index (χ4v) is 3.45. The normalized spacial score (nSPS) is 15.7. The number of aromatic nitrogens is 2. The van der Waals surface area contributed by atoms with Crippen molar-refractivity contribution in [3.63, 3.8) is 0 Å². The van der Waals surface area contributed by atoms with Crippen molar-refractivity contribution in [3.8, 4) is 11.1 Å². The van der Waals surface area contributed by atoms with E-state index in [9.17, 15) is 9.59 Å². The molecule has 1 aliphatic rings. The maximum Gasteiger partial charge on any atom is 0.274 e. The van der Waals surface area contributed by atoms with Crippen LogP contribution in [0.1, 0.15) is 19.8 Å². The third kappa shape index (κ3) is 4.79. The number of hydrogen-bond donors (Lipinski definition) is 1. The van der Waals surface area contributed by atoms with Gasteiger partial charge in [0.15, 0.2) is 0 Å². The lowest BCUT2D eigenvalue weighted by Gasteiger charge is -2.31. The van der Waals surface area contributed by atoms with E-state index in [0.717, 1.165) is 38.0 Å². The first kappa shape index (κ1) is 18.3. The average Bonchev–Trinajstić information content (AvgIpc) is 2.65. The second-order valence-electron chi connectivity index (χ2n) is 6.87. The van der Waals surface area contributed by atoms with Gasteiger partial charge in [-0.15, -0.1) is 0 Å². The molecule has 3 rings (SSSR count). The van der Waals surface area contributed by atoms with Crippen molar-refractivity contribution >= 4 is 5.91 Å². The third-order valence-electron chi connectivity index (χ3n) is 4.94. The summed E-state index contributed by atoms with van der Waals surface area (Å²) in [6, 6.07) is 11.5. The van der Waals surface area contributed by atoms with Gasteiger partial charge < -0.3 is 10.2 Å². The van der Waals surface area contributed by atoms with Gasteiger partial charge >= 0.3 is 0 Å². The number of carbonyl (C=O) groups excluding carboxylic acids is 1. The molecule has 0 saturated carbocycles. The van der Waals surface area contributed by atoms with Gasteiger partial charge in [-0.25, -0.2) is 4.68 Å². The number of likely N-dealkylation sites (tertiary alicyclic amines) is 1. The maximum absolute atomic E-state index is 12.8. The van der Waals surface area contributed by atoms with Gasteiger partial charge in [0.1, 0.15) is 0 Å².